The second-order valence-corrected chi connectivity index (χ2v) is 13.1. The average molecular weight is 623 g/mol. The van der Waals surface area contributed by atoms with Crippen LogP contribution in [0.5, 0.6) is 5.75 Å². The zero-order valence-electron chi connectivity index (χ0n) is 27.7. The Morgan fingerprint density at radius 3 is 2.51 bits per heavy atom. The van der Waals surface area contributed by atoms with E-state index in [-0.39, 0.29) is 42.7 Å². The van der Waals surface area contributed by atoms with Crippen molar-refractivity contribution in [2.75, 3.05) is 38.7 Å². The van der Waals surface area contributed by atoms with Gasteiger partial charge in [0.1, 0.15) is 5.75 Å². The summed E-state index contributed by atoms with van der Waals surface area (Å²) in [6.07, 6.45) is 7.91. The van der Waals surface area contributed by atoms with Crippen LogP contribution in [0, 0.1) is 5.92 Å². The molecule has 1 aliphatic carbocycles. The summed E-state index contributed by atoms with van der Waals surface area (Å²) >= 11 is 0. The summed E-state index contributed by atoms with van der Waals surface area (Å²) in [7, 11) is 2.10. The quantitative estimate of drug-likeness (QED) is 0.330. The van der Waals surface area contributed by atoms with Crippen LogP contribution in [0.15, 0.2) is 48.5 Å². The summed E-state index contributed by atoms with van der Waals surface area (Å²) in [5.74, 6) is 0.242. The second kappa shape index (κ2) is 17.5. The van der Waals surface area contributed by atoms with Crippen molar-refractivity contribution < 1.29 is 24.2 Å². The number of likely N-dealkylation sites (N-methyl/N-ethyl adjacent to an activating group) is 1. The largest absolute Gasteiger partial charge is 0.490 e. The molecule has 4 atom stereocenters. The standard InChI is InChI=1S/C36H54N4O5/c1-26-22-40(27(2)25-41)35(42)32-21-31(38-36(43)37-30-16-9-6-10-17-30)18-19-33(32)45-28(3)13-11-12-20-44-34(26)24-39(4)23-29-14-7-5-8-15-29/h5,7-8,14-15,18-19,21,26-28,30,34,41H,6,9-13,16-17,20,22-25H2,1-4H3,(H2,37,38,43)/t26-,27-,28-,34-/m0/s1. The molecular formula is C36H54N4O5. The van der Waals surface area contributed by atoms with E-state index in [0.29, 0.717) is 36.7 Å². The molecule has 9 nitrogen and oxygen atoms in total. The number of rotatable bonds is 8. The molecule has 0 spiro atoms. The SMILES string of the molecule is C[C@H]1CCCCO[C@@H](CN(C)Cc2ccccc2)[C@@H](C)CN([C@@H](C)CO)C(=O)c2cc(NC(=O)NC3CCCCC3)ccc2O1. The molecule has 248 valence electrons. The topological polar surface area (TPSA) is 103 Å². The molecule has 0 bridgehead atoms. The van der Waals surface area contributed by atoms with Gasteiger partial charge in [-0.05, 0) is 76.8 Å². The Labute approximate surface area is 269 Å². The van der Waals surface area contributed by atoms with Crippen LogP contribution >= 0.6 is 0 Å². The molecule has 1 aliphatic heterocycles. The first-order valence-corrected chi connectivity index (χ1v) is 16.9. The molecule has 4 rings (SSSR count). The Balaban J connectivity index is 1.56. The lowest BCUT2D eigenvalue weighted by Crippen LogP contribution is -2.47. The number of urea groups is 1. The maximum atomic E-state index is 14.3. The zero-order valence-corrected chi connectivity index (χ0v) is 27.7. The summed E-state index contributed by atoms with van der Waals surface area (Å²) in [6, 6.07) is 15.1. The van der Waals surface area contributed by atoms with Gasteiger partial charge in [-0.3, -0.25) is 9.69 Å². The minimum absolute atomic E-state index is 0.00464. The Morgan fingerprint density at radius 2 is 1.78 bits per heavy atom. The average Bonchev–Trinajstić information content (AvgIpc) is 3.03. The number of ether oxygens (including phenoxy) is 2. The molecule has 3 amide bonds. The minimum Gasteiger partial charge on any atom is -0.490 e. The van der Waals surface area contributed by atoms with Gasteiger partial charge in [0.25, 0.3) is 5.91 Å². The molecule has 2 aromatic rings. The van der Waals surface area contributed by atoms with Crippen molar-refractivity contribution in [1.82, 2.24) is 15.1 Å². The number of hydrogen-bond acceptors (Lipinski definition) is 6. The monoisotopic (exact) mass is 622 g/mol. The third-order valence-corrected chi connectivity index (χ3v) is 9.04. The van der Waals surface area contributed by atoms with E-state index in [0.717, 1.165) is 51.5 Å². The van der Waals surface area contributed by atoms with Crippen molar-refractivity contribution in [2.45, 2.75) is 103 Å². The normalized spacial score (nSPS) is 23.0. The first kappa shape index (κ1) is 34.7. The highest BCUT2D eigenvalue weighted by Crippen LogP contribution is 2.29. The zero-order chi connectivity index (χ0) is 32.2. The molecule has 0 aromatic heterocycles. The van der Waals surface area contributed by atoms with Gasteiger partial charge in [0, 0.05) is 43.9 Å². The summed E-state index contributed by atoms with van der Waals surface area (Å²) in [5.41, 5.74) is 2.14. The van der Waals surface area contributed by atoms with Crippen molar-refractivity contribution in [1.29, 1.82) is 0 Å². The molecule has 1 fully saturated rings. The van der Waals surface area contributed by atoms with Gasteiger partial charge in [-0.2, -0.15) is 0 Å². The van der Waals surface area contributed by atoms with Crippen molar-refractivity contribution in [3.8, 4) is 5.75 Å². The van der Waals surface area contributed by atoms with Gasteiger partial charge >= 0.3 is 6.03 Å². The molecule has 0 unspecified atom stereocenters. The summed E-state index contributed by atoms with van der Waals surface area (Å²) in [5, 5.41) is 16.3. The molecule has 0 radical (unpaired) electrons. The van der Waals surface area contributed by atoms with E-state index in [1.807, 2.05) is 19.9 Å². The number of benzene rings is 2. The number of fused-ring (bicyclic) bond motifs is 1. The van der Waals surface area contributed by atoms with Crippen LogP contribution in [0.25, 0.3) is 0 Å². The van der Waals surface area contributed by atoms with Crippen LogP contribution in [-0.2, 0) is 11.3 Å². The van der Waals surface area contributed by atoms with Gasteiger partial charge in [0.05, 0.1) is 30.4 Å². The van der Waals surface area contributed by atoms with Gasteiger partial charge in [0.15, 0.2) is 0 Å². The van der Waals surface area contributed by atoms with Crippen LogP contribution in [0.4, 0.5) is 10.5 Å². The molecule has 1 saturated carbocycles. The van der Waals surface area contributed by atoms with Crippen LogP contribution in [-0.4, -0.2) is 84.5 Å². The molecule has 1 heterocycles. The molecule has 2 aliphatic rings. The molecule has 45 heavy (non-hydrogen) atoms. The predicted octanol–water partition coefficient (Wildman–Crippen LogP) is 6.07. The van der Waals surface area contributed by atoms with Crippen molar-refractivity contribution in [3.63, 3.8) is 0 Å². The molecule has 2 aromatic carbocycles. The number of anilines is 1. The van der Waals surface area contributed by atoms with Crippen LogP contribution in [0.3, 0.4) is 0 Å². The fourth-order valence-corrected chi connectivity index (χ4v) is 6.33. The number of nitrogens with one attached hydrogen (secondary N) is 2. The number of amides is 3. The summed E-state index contributed by atoms with van der Waals surface area (Å²) < 4.78 is 12.8. The lowest BCUT2D eigenvalue weighted by atomic mass is 9.96. The van der Waals surface area contributed by atoms with E-state index in [1.165, 1.54) is 12.0 Å². The van der Waals surface area contributed by atoms with Gasteiger partial charge in [-0.15, -0.1) is 0 Å². The van der Waals surface area contributed by atoms with Gasteiger partial charge in [-0.1, -0.05) is 56.5 Å². The fourth-order valence-electron chi connectivity index (χ4n) is 6.33. The Kier molecular flexibility index (Phi) is 13.5. The maximum Gasteiger partial charge on any atom is 0.319 e. The number of hydrogen-bond donors (Lipinski definition) is 3. The van der Waals surface area contributed by atoms with Gasteiger partial charge < -0.3 is 30.1 Å². The van der Waals surface area contributed by atoms with Crippen LogP contribution in [0.1, 0.15) is 88.1 Å². The number of aliphatic hydroxyl groups is 1. The van der Waals surface area contributed by atoms with E-state index in [4.69, 9.17) is 9.47 Å². The minimum atomic E-state index is -0.424. The van der Waals surface area contributed by atoms with Gasteiger partial charge in [0.2, 0.25) is 0 Å². The third kappa shape index (κ3) is 10.7. The highest BCUT2D eigenvalue weighted by atomic mass is 16.5. The first-order valence-electron chi connectivity index (χ1n) is 16.9. The lowest BCUT2D eigenvalue weighted by Gasteiger charge is -2.36. The molecule has 0 saturated heterocycles. The summed E-state index contributed by atoms with van der Waals surface area (Å²) in [6.45, 7) is 8.37. The number of carbonyl (C=O) groups is 2. The van der Waals surface area contributed by atoms with Crippen LogP contribution < -0.4 is 15.4 Å². The fraction of sp³-hybridized carbons (Fsp3) is 0.611. The number of nitrogens with zero attached hydrogens (tertiary/aromatic N) is 2. The van der Waals surface area contributed by atoms with Gasteiger partial charge in [-0.25, -0.2) is 4.79 Å². The third-order valence-electron chi connectivity index (χ3n) is 9.04. The highest BCUT2D eigenvalue weighted by molar-refractivity contribution is 5.99. The highest BCUT2D eigenvalue weighted by Gasteiger charge is 2.30. The lowest BCUT2D eigenvalue weighted by molar-refractivity contribution is -0.0177. The maximum absolute atomic E-state index is 14.3. The number of carbonyl (C=O) groups excluding carboxylic acids is 2. The molecule has 9 heteroatoms. The predicted molar refractivity (Wildman–Crippen MR) is 179 cm³/mol. The van der Waals surface area contributed by atoms with E-state index >= 15 is 0 Å². The molecule has 3 N–H and O–H groups in total. The van der Waals surface area contributed by atoms with Crippen molar-refractivity contribution >= 4 is 17.6 Å². The van der Waals surface area contributed by atoms with E-state index < -0.39 is 6.04 Å². The summed E-state index contributed by atoms with van der Waals surface area (Å²) in [4.78, 5) is 31.2. The molecular weight excluding hydrogens is 568 g/mol. The second-order valence-electron chi connectivity index (χ2n) is 13.1. The Bertz CT molecular complexity index is 1210. The van der Waals surface area contributed by atoms with E-state index in [1.54, 1.807) is 23.1 Å². The van der Waals surface area contributed by atoms with Crippen LogP contribution in [0.2, 0.25) is 0 Å². The van der Waals surface area contributed by atoms with Crippen molar-refractivity contribution in [3.05, 3.63) is 59.7 Å². The number of aliphatic hydroxyl groups excluding tert-OH is 1. The smallest absolute Gasteiger partial charge is 0.319 e. The Hall–Kier alpha value is -3.14. The van der Waals surface area contributed by atoms with Crippen molar-refractivity contribution in [2.24, 2.45) is 5.92 Å². The van der Waals surface area contributed by atoms with E-state index in [9.17, 15) is 14.7 Å². The first-order chi connectivity index (χ1) is 21.7. The van der Waals surface area contributed by atoms with E-state index in [2.05, 4.69) is 53.8 Å². The Morgan fingerprint density at radius 1 is 1.04 bits per heavy atom.